The van der Waals surface area contributed by atoms with Crippen molar-refractivity contribution in [3.63, 3.8) is 0 Å². The first-order chi connectivity index (χ1) is 15.2. The molecule has 0 aromatic carbocycles. The van der Waals surface area contributed by atoms with E-state index in [9.17, 15) is 39.6 Å². The van der Waals surface area contributed by atoms with Gasteiger partial charge in [0, 0.05) is 37.4 Å². The highest BCUT2D eigenvalue weighted by molar-refractivity contribution is 5.10. The van der Waals surface area contributed by atoms with Gasteiger partial charge in [-0.15, -0.1) is 0 Å². The summed E-state index contributed by atoms with van der Waals surface area (Å²) < 4.78 is 13.7. The maximum absolute atomic E-state index is 12.8. The Balaban J connectivity index is 2.07. The van der Waals surface area contributed by atoms with E-state index >= 15 is 0 Å². The molecule has 4 heterocycles. The largest absolute Gasteiger partial charge is 0.394 e. The van der Waals surface area contributed by atoms with Crippen molar-refractivity contribution in [2.45, 2.75) is 48.7 Å². The second kappa shape index (κ2) is 7.91. The van der Waals surface area contributed by atoms with Gasteiger partial charge in [-0.1, -0.05) is 0 Å². The van der Waals surface area contributed by atoms with Gasteiger partial charge in [0.05, 0.1) is 25.4 Å². The molecule has 2 aliphatic rings. The highest BCUT2D eigenvalue weighted by Gasteiger charge is 2.67. The molecular weight excluding hydrogens is 432 g/mol. The summed E-state index contributed by atoms with van der Waals surface area (Å²) in [5, 5.41) is 40.5. The topological polar surface area (TPSA) is 209 Å². The molecule has 0 bridgehead atoms. The maximum Gasteiger partial charge on any atom is 0.330 e. The Morgan fingerprint density at radius 3 is 1.47 bits per heavy atom. The average molecular weight is 454 g/mol. The summed E-state index contributed by atoms with van der Waals surface area (Å²) in [6, 6.07) is 2.01. The molecule has 2 aromatic heterocycles. The first-order valence-corrected chi connectivity index (χ1v) is 9.76. The second-order valence-electron chi connectivity index (χ2n) is 7.75. The van der Waals surface area contributed by atoms with Crippen LogP contribution >= 0.6 is 0 Å². The number of hydrogen-bond acceptors (Lipinski definition) is 10. The minimum absolute atomic E-state index is 0.416. The number of aromatic nitrogens is 4. The van der Waals surface area contributed by atoms with Crippen molar-refractivity contribution in [1.82, 2.24) is 19.1 Å². The van der Waals surface area contributed by atoms with Crippen LogP contribution < -0.4 is 22.5 Å². The van der Waals surface area contributed by atoms with Crippen LogP contribution in [0.1, 0.15) is 12.8 Å². The van der Waals surface area contributed by atoms with Crippen LogP contribution in [0.3, 0.4) is 0 Å². The number of H-pyrrole nitrogens is 2. The van der Waals surface area contributed by atoms with Gasteiger partial charge in [-0.25, -0.2) is 9.59 Å². The summed E-state index contributed by atoms with van der Waals surface area (Å²) in [4.78, 5) is 53.0. The predicted molar refractivity (Wildman–Crippen MR) is 104 cm³/mol. The molecule has 0 amide bonds. The molecule has 2 fully saturated rings. The predicted octanol–water partition coefficient (Wildman–Crippen LogP) is -4.32. The van der Waals surface area contributed by atoms with Crippen LogP contribution in [0.5, 0.6) is 0 Å². The van der Waals surface area contributed by atoms with Crippen LogP contribution in [0.2, 0.25) is 0 Å². The van der Waals surface area contributed by atoms with E-state index in [1.165, 1.54) is 0 Å². The lowest BCUT2D eigenvalue weighted by molar-refractivity contribution is -0.286. The number of hydrogen-bond donors (Lipinski definition) is 6. The number of rotatable bonds is 5. The second-order valence-corrected chi connectivity index (χ2v) is 7.75. The highest BCUT2D eigenvalue weighted by Crippen LogP contribution is 2.52. The van der Waals surface area contributed by atoms with Crippen LogP contribution in [0.15, 0.2) is 43.7 Å². The number of aromatic amines is 2. The minimum atomic E-state index is -2.09. The van der Waals surface area contributed by atoms with Crippen LogP contribution in [0.25, 0.3) is 0 Å². The molecule has 0 saturated carbocycles. The molecule has 0 radical (unpaired) electrons. The zero-order valence-corrected chi connectivity index (χ0v) is 16.6. The first kappa shape index (κ1) is 22.3. The van der Waals surface area contributed by atoms with Gasteiger partial charge in [0.25, 0.3) is 11.1 Å². The van der Waals surface area contributed by atoms with Gasteiger partial charge in [0.1, 0.15) is 12.2 Å². The molecule has 174 valence electrons. The third kappa shape index (κ3) is 3.19. The molecule has 0 unspecified atom stereocenters. The Bertz CT molecular complexity index is 1140. The summed E-state index contributed by atoms with van der Waals surface area (Å²) in [6.45, 7) is -1.33. The summed E-state index contributed by atoms with van der Waals surface area (Å²) in [7, 11) is 0. The molecular formula is C18H22N4O10. The molecule has 6 atom stereocenters. The number of nitrogens with zero attached hydrogens (tertiary/aromatic N) is 2. The zero-order valence-electron chi connectivity index (χ0n) is 16.6. The smallest absolute Gasteiger partial charge is 0.330 e. The number of nitrogens with one attached hydrogen (secondary N) is 2. The van der Waals surface area contributed by atoms with Gasteiger partial charge in [-0.2, -0.15) is 0 Å². The third-order valence-corrected chi connectivity index (χ3v) is 5.92. The van der Waals surface area contributed by atoms with E-state index in [1.807, 2.05) is 0 Å². The summed E-state index contributed by atoms with van der Waals surface area (Å²) in [5.41, 5.74) is -7.59. The van der Waals surface area contributed by atoms with E-state index < -0.39 is 84.4 Å². The Kier molecular flexibility index (Phi) is 5.52. The Hall–Kier alpha value is -2.88. The van der Waals surface area contributed by atoms with E-state index in [-0.39, 0.29) is 0 Å². The number of aliphatic hydroxyl groups excluding tert-OH is 4. The van der Waals surface area contributed by atoms with Crippen LogP contribution in [0.4, 0.5) is 0 Å². The molecule has 14 heteroatoms. The SMILES string of the molecule is O=c1ccn([C@@]2([C@]3(n4ccc(=O)[nH]c4=O)C[C@H](O)[C@@H](CO)O3)C[C@H](O)[C@@H](CO)O2)c(=O)[nH]1. The van der Waals surface area contributed by atoms with E-state index in [2.05, 4.69) is 9.97 Å². The Labute approximate surface area is 177 Å². The summed E-state index contributed by atoms with van der Waals surface area (Å²) >= 11 is 0. The normalized spacial score (nSPS) is 34.8. The van der Waals surface area contributed by atoms with E-state index in [0.29, 0.717) is 0 Å². The van der Waals surface area contributed by atoms with Crippen molar-refractivity contribution < 1.29 is 29.9 Å². The van der Waals surface area contributed by atoms with Crippen LogP contribution in [0, 0.1) is 0 Å². The van der Waals surface area contributed by atoms with Crippen molar-refractivity contribution in [1.29, 1.82) is 0 Å². The summed E-state index contributed by atoms with van der Waals surface area (Å²) in [6.07, 6.45) is -3.84. The molecule has 0 spiro atoms. The van der Waals surface area contributed by atoms with Crippen molar-refractivity contribution in [3.05, 3.63) is 66.2 Å². The standard InChI is InChI=1S/C18H22N4O10/c23-7-11-9(25)5-17(31-11,21-3-1-13(27)19-15(21)29)18(6-10(26)12(8-24)32-18)22-4-2-14(28)20-16(22)30/h1-4,9-12,23-26H,5-8H2,(H,19,27,29)(H,20,28,30)/t9-,10-,11+,12+,17-,18-/m0/s1. The lowest BCUT2D eigenvalue weighted by Gasteiger charge is -2.46. The fraction of sp³-hybridized carbons (Fsp3) is 0.556. The lowest BCUT2D eigenvalue weighted by atomic mass is 9.90. The average Bonchev–Trinajstić information content (AvgIpc) is 3.26. The van der Waals surface area contributed by atoms with Crippen molar-refractivity contribution in [2.75, 3.05) is 13.2 Å². The minimum Gasteiger partial charge on any atom is -0.394 e. The van der Waals surface area contributed by atoms with Crippen LogP contribution in [-0.4, -0.2) is 77.2 Å². The first-order valence-electron chi connectivity index (χ1n) is 9.76. The number of ether oxygens (including phenoxy) is 2. The molecule has 32 heavy (non-hydrogen) atoms. The number of aliphatic hydroxyl groups is 4. The van der Waals surface area contributed by atoms with Gasteiger partial charge < -0.3 is 29.9 Å². The van der Waals surface area contributed by atoms with Gasteiger partial charge in [0.2, 0.25) is 0 Å². The van der Waals surface area contributed by atoms with Crippen molar-refractivity contribution in [2.24, 2.45) is 0 Å². The summed E-state index contributed by atoms with van der Waals surface area (Å²) in [5.74, 6) is 0. The monoisotopic (exact) mass is 454 g/mol. The Morgan fingerprint density at radius 1 is 0.812 bits per heavy atom. The molecule has 2 saturated heterocycles. The Morgan fingerprint density at radius 2 is 1.19 bits per heavy atom. The van der Waals surface area contributed by atoms with E-state index in [0.717, 1.165) is 33.7 Å². The quantitative estimate of drug-likeness (QED) is 0.256. The van der Waals surface area contributed by atoms with Gasteiger partial charge in [0.15, 0.2) is 11.4 Å². The van der Waals surface area contributed by atoms with Gasteiger partial charge >= 0.3 is 11.4 Å². The highest BCUT2D eigenvalue weighted by atomic mass is 16.6. The van der Waals surface area contributed by atoms with Crippen LogP contribution in [-0.2, 0) is 20.9 Å². The fourth-order valence-corrected chi connectivity index (χ4v) is 4.49. The molecule has 4 rings (SSSR count). The fourth-order valence-electron chi connectivity index (χ4n) is 4.49. The lowest BCUT2D eigenvalue weighted by Crippen LogP contribution is -2.63. The van der Waals surface area contributed by atoms with E-state index in [4.69, 9.17) is 9.47 Å². The molecule has 6 N–H and O–H groups in total. The molecule has 2 aliphatic heterocycles. The molecule has 2 aromatic rings. The van der Waals surface area contributed by atoms with Gasteiger partial charge in [-0.05, 0) is 0 Å². The van der Waals surface area contributed by atoms with Crippen molar-refractivity contribution >= 4 is 0 Å². The zero-order chi connectivity index (χ0) is 23.3. The third-order valence-electron chi connectivity index (χ3n) is 5.92. The van der Waals surface area contributed by atoms with E-state index in [1.54, 1.807) is 0 Å². The molecule has 0 aliphatic carbocycles. The van der Waals surface area contributed by atoms with Gasteiger partial charge in [-0.3, -0.25) is 28.7 Å². The van der Waals surface area contributed by atoms with Crippen molar-refractivity contribution in [3.8, 4) is 0 Å². The molecule has 14 nitrogen and oxygen atoms in total. The maximum atomic E-state index is 12.8.